The van der Waals surface area contributed by atoms with Gasteiger partial charge in [0.25, 0.3) is 0 Å². The van der Waals surface area contributed by atoms with E-state index in [2.05, 4.69) is 0 Å². The molecule has 1 heterocycles. The molecule has 0 aliphatic rings. The Kier molecular flexibility index (Phi) is 6.37. The van der Waals surface area contributed by atoms with Crippen LogP contribution in [-0.2, 0) is 22.3 Å². The van der Waals surface area contributed by atoms with Crippen molar-refractivity contribution in [2.75, 3.05) is 18.9 Å². The van der Waals surface area contributed by atoms with Crippen LogP contribution in [0, 0.1) is 0 Å². The van der Waals surface area contributed by atoms with Crippen LogP contribution in [0.15, 0.2) is 30.3 Å². The van der Waals surface area contributed by atoms with Gasteiger partial charge >= 0.3 is 11.9 Å². The second-order valence-electron chi connectivity index (χ2n) is 5.13. The molecule has 0 saturated heterocycles. The maximum absolute atomic E-state index is 11.8. The fourth-order valence-corrected chi connectivity index (χ4v) is 3.15. The minimum Gasteiger partial charge on any atom is -0.462 e. The number of benzene rings is 1. The van der Waals surface area contributed by atoms with Crippen LogP contribution in [-0.4, -0.2) is 25.2 Å². The fourth-order valence-electron chi connectivity index (χ4n) is 2.24. The van der Waals surface area contributed by atoms with Crippen LogP contribution in [0.25, 0.3) is 0 Å². The topological polar surface area (TPSA) is 78.6 Å². The summed E-state index contributed by atoms with van der Waals surface area (Å²) >= 11 is 1.41. The number of carbonyl (C=O) groups is 2. The van der Waals surface area contributed by atoms with Crippen molar-refractivity contribution in [2.24, 2.45) is 0 Å². The zero-order valence-electron chi connectivity index (χ0n) is 13.8. The van der Waals surface area contributed by atoms with E-state index in [1.54, 1.807) is 32.0 Å². The summed E-state index contributed by atoms with van der Waals surface area (Å²) in [5.74, 6) is -0.689. The van der Waals surface area contributed by atoms with Crippen LogP contribution >= 0.6 is 11.3 Å². The third kappa shape index (κ3) is 4.58. The fraction of sp³-hybridized carbons (Fsp3) is 0.333. The number of nitrogens with two attached hydrogens (primary N) is 1. The molecule has 6 heteroatoms. The molecular formula is C18H21NO4S. The normalized spacial score (nSPS) is 10.4. The highest BCUT2D eigenvalue weighted by atomic mass is 32.1. The molecule has 2 N–H and O–H groups in total. The Morgan fingerprint density at radius 3 is 2.25 bits per heavy atom. The molecule has 5 nitrogen and oxygen atoms in total. The van der Waals surface area contributed by atoms with Gasteiger partial charge in [-0.25, -0.2) is 9.59 Å². The van der Waals surface area contributed by atoms with E-state index < -0.39 is 0 Å². The average molecular weight is 347 g/mol. The van der Waals surface area contributed by atoms with Crippen LogP contribution in [0.2, 0.25) is 0 Å². The van der Waals surface area contributed by atoms with Gasteiger partial charge in [-0.05, 0) is 50.5 Å². The highest BCUT2D eigenvalue weighted by molar-refractivity contribution is 7.16. The van der Waals surface area contributed by atoms with Gasteiger partial charge in [-0.1, -0.05) is 12.1 Å². The Hall–Kier alpha value is -2.34. The monoisotopic (exact) mass is 347 g/mol. The van der Waals surface area contributed by atoms with E-state index in [1.807, 2.05) is 12.1 Å². The lowest BCUT2D eigenvalue weighted by Crippen LogP contribution is -2.05. The molecule has 1 aromatic carbocycles. The molecule has 2 rings (SSSR count). The van der Waals surface area contributed by atoms with Crippen molar-refractivity contribution in [2.45, 2.75) is 26.7 Å². The Morgan fingerprint density at radius 2 is 1.62 bits per heavy atom. The molecule has 0 unspecified atom stereocenters. The highest BCUT2D eigenvalue weighted by Gasteiger charge is 2.15. The molecule has 0 atom stereocenters. The van der Waals surface area contributed by atoms with Crippen molar-refractivity contribution in [1.82, 2.24) is 0 Å². The van der Waals surface area contributed by atoms with Gasteiger partial charge in [0.15, 0.2) is 0 Å². The van der Waals surface area contributed by atoms with Crippen LogP contribution in [0.4, 0.5) is 5.00 Å². The molecular weight excluding hydrogens is 326 g/mol. The van der Waals surface area contributed by atoms with Gasteiger partial charge < -0.3 is 15.2 Å². The number of rotatable bonds is 7. The minimum absolute atomic E-state index is 0.311. The van der Waals surface area contributed by atoms with E-state index in [0.717, 1.165) is 23.3 Å². The molecule has 0 amide bonds. The first kappa shape index (κ1) is 18.0. The van der Waals surface area contributed by atoms with E-state index in [9.17, 15) is 9.59 Å². The van der Waals surface area contributed by atoms with Gasteiger partial charge in [-0.3, -0.25) is 0 Å². The van der Waals surface area contributed by atoms with Gasteiger partial charge in [0.05, 0.1) is 24.3 Å². The molecule has 0 saturated carbocycles. The van der Waals surface area contributed by atoms with Crippen molar-refractivity contribution in [3.8, 4) is 0 Å². The molecule has 0 bridgehead atoms. The van der Waals surface area contributed by atoms with Gasteiger partial charge in [-0.2, -0.15) is 0 Å². The van der Waals surface area contributed by atoms with Crippen molar-refractivity contribution < 1.29 is 19.1 Å². The summed E-state index contributed by atoms with van der Waals surface area (Å²) < 4.78 is 9.94. The maximum atomic E-state index is 11.8. The highest BCUT2D eigenvalue weighted by Crippen LogP contribution is 2.27. The molecule has 1 aromatic heterocycles. The van der Waals surface area contributed by atoms with Gasteiger partial charge in [-0.15, -0.1) is 11.3 Å². The summed E-state index contributed by atoms with van der Waals surface area (Å²) in [6.07, 6.45) is 1.57. The first-order valence-corrected chi connectivity index (χ1v) is 8.68. The summed E-state index contributed by atoms with van der Waals surface area (Å²) in [5, 5.41) is 0.487. The number of carbonyl (C=O) groups excluding carboxylic acids is 2. The van der Waals surface area contributed by atoms with Gasteiger partial charge in [0.1, 0.15) is 5.00 Å². The number of aryl methyl sites for hydroxylation is 2. The smallest absolute Gasteiger partial charge is 0.341 e. The van der Waals surface area contributed by atoms with E-state index >= 15 is 0 Å². The van der Waals surface area contributed by atoms with E-state index in [0.29, 0.717) is 29.3 Å². The van der Waals surface area contributed by atoms with Crippen LogP contribution in [0.5, 0.6) is 0 Å². The summed E-state index contributed by atoms with van der Waals surface area (Å²) in [6, 6.07) is 9.15. The Labute approximate surface area is 145 Å². The van der Waals surface area contributed by atoms with E-state index in [4.69, 9.17) is 15.2 Å². The average Bonchev–Trinajstić information content (AvgIpc) is 2.95. The predicted molar refractivity (Wildman–Crippen MR) is 94.5 cm³/mol. The Morgan fingerprint density at radius 1 is 1.00 bits per heavy atom. The van der Waals surface area contributed by atoms with Crippen LogP contribution in [0.3, 0.4) is 0 Å². The molecule has 0 spiro atoms. The Balaban J connectivity index is 1.97. The molecule has 0 aliphatic heterocycles. The van der Waals surface area contributed by atoms with Crippen molar-refractivity contribution in [3.05, 3.63) is 51.9 Å². The number of nitrogen functional groups attached to an aromatic ring is 1. The molecule has 2 aromatic rings. The summed E-state index contributed by atoms with van der Waals surface area (Å²) in [5.41, 5.74) is 7.98. The zero-order valence-corrected chi connectivity index (χ0v) is 14.7. The summed E-state index contributed by atoms with van der Waals surface area (Å²) in [4.78, 5) is 24.4. The van der Waals surface area contributed by atoms with Crippen LogP contribution < -0.4 is 5.73 Å². The number of esters is 2. The van der Waals surface area contributed by atoms with Crippen molar-refractivity contribution in [1.29, 1.82) is 0 Å². The molecule has 128 valence electrons. The number of hydrogen-bond donors (Lipinski definition) is 1. The quantitative estimate of drug-likeness (QED) is 0.776. The van der Waals surface area contributed by atoms with Crippen molar-refractivity contribution >= 4 is 28.3 Å². The minimum atomic E-state index is -0.378. The number of hydrogen-bond acceptors (Lipinski definition) is 6. The van der Waals surface area contributed by atoms with Crippen molar-refractivity contribution in [3.63, 3.8) is 0 Å². The van der Waals surface area contributed by atoms with E-state index in [-0.39, 0.29) is 11.9 Å². The number of thiophene rings is 1. The first-order valence-electron chi connectivity index (χ1n) is 7.86. The third-order valence-electron chi connectivity index (χ3n) is 3.43. The number of ether oxygens (including phenoxy) is 2. The first-order chi connectivity index (χ1) is 11.5. The third-order valence-corrected chi connectivity index (χ3v) is 4.46. The maximum Gasteiger partial charge on any atom is 0.341 e. The standard InChI is InChI=1S/C18H21NO4S/c1-3-22-17(20)13-8-5-12(6-9-13)7-10-14-11-15(16(19)24-14)18(21)23-4-2/h5-6,8-9,11H,3-4,7,10,19H2,1-2H3. The SMILES string of the molecule is CCOC(=O)c1ccc(CCc2cc(C(=O)OCC)c(N)s2)cc1. The van der Waals surface area contributed by atoms with Crippen LogP contribution in [0.1, 0.15) is 45.0 Å². The lowest BCUT2D eigenvalue weighted by Gasteiger charge is -2.03. The molecule has 0 aliphatic carbocycles. The van der Waals surface area contributed by atoms with Gasteiger partial charge in [0.2, 0.25) is 0 Å². The second-order valence-corrected chi connectivity index (χ2v) is 6.30. The second kappa shape index (κ2) is 8.49. The largest absolute Gasteiger partial charge is 0.462 e. The van der Waals surface area contributed by atoms with E-state index in [1.165, 1.54) is 11.3 Å². The summed E-state index contributed by atoms with van der Waals surface area (Å²) in [7, 11) is 0. The summed E-state index contributed by atoms with van der Waals surface area (Å²) in [6.45, 7) is 4.24. The molecule has 0 radical (unpaired) electrons. The Bertz CT molecular complexity index is 706. The van der Waals surface area contributed by atoms with Gasteiger partial charge in [0, 0.05) is 4.88 Å². The lowest BCUT2D eigenvalue weighted by molar-refractivity contribution is 0.0517. The zero-order chi connectivity index (χ0) is 17.5. The number of anilines is 1. The lowest BCUT2D eigenvalue weighted by atomic mass is 10.1. The molecule has 0 fully saturated rings. The molecule has 24 heavy (non-hydrogen) atoms. The predicted octanol–water partition coefficient (Wildman–Crippen LogP) is 3.47.